The minimum absolute atomic E-state index is 0.111. The summed E-state index contributed by atoms with van der Waals surface area (Å²) < 4.78 is 0. The molecule has 4 rings (SSSR count). The van der Waals surface area contributed by atoms with Crippen LogP contribution in [0.2, 0.25) is 0 Å². The van der Waals surface area contributed by atoms with E-state index in [9.17, 15) is 19.5 Å². The highest BCUT2D eigenvalue weighted by Crippen LogP contribution is 2.71. The number of aliphatic hydroxyl groups is 1. The minimum atomic E-state index is -0.784. The molecule has 2 N–H and O–H groups in total. The molecule has 0 heterocycles. The Morgan fingerprint density at radius 3 is 2.55 bits per heavy atom. The van der Waals surface area contributed by atoms with Gasteiger partial charge >= 0.3 is 5.97 Å². The summed E-state index contributed by atoms with van der Waals surface area (Å²) in [6.07, 6.45) is 9.40. The average Bonchev–Trinajstić information content (AvgIpc) is 2.98. The molecule has 1 unspecified atom stereocenters. The van der Waals surface area contributed by atoms with Gasteiger partial charge in [-0.1, -0.05) is 25.8 Å². The number of carboxylic acid groups (broad SMARTS) is 1. The molecule has 0 radical (unpaired) electrons. The van der Waals surface area contributed by atoms with Crippen molar-refractivity contribution in [3.63, 3.8) is 0 Å². The van der Waals surface area contributed by atoms with Crippen LogP contribution in [-0.4, -0.2) is 33.9 Å². The van der Waals surface area contributed by atoms with E-state index in [-0.39, 0.29) is 34.7 Å². The van der Waals surface area contributed by atoms with Crippen molar-refractivity contribution in [1.29, 1.82) is 0 Å². The minimum Gasteiger partial charge on any atom is -0.481 e. The van der Waals surface area contributed by atoms with Gasteiger partial charge in [0, 0.05) is 18.3 Å². The summed E-state index contributed by atoms with van der Waals surface area (Å²) in [6.45, 7) is 6.20. The topological polar surface area (TPSA) is 91.7 Å². The Morgan fingerprint density at radius 2 is 1.87 bits per heavy atom. The number of allylic oxidation sites excluding steroid dienone is 1. The van der Waals surface area contributed by atoms with Crippen molar-refractivity contribution in [3.05, 3.63) is 11.6 Å². The van der Waals surface area contributed by atoms with Gasteiger partial charge in [0.25, 0.3) is 0 Å². The Kier molecular flexibility index (Phi) is 5.73. The number of ketones is 2. The quantitative estimate of drug-likeness (QED) is 0.596. The van der Waals surface area contributed by atoms with Gasteiger partial charge in [0.2, 0.25) is 0 Å². The van der Waals surface area contributed by atoms with E-state index in [0.717, 1.165) is 44.9 Å². The van der Waals surface area contributed by atoms with Gasteiger partial charge in [-0.2, -0.15) is 0 Å². The standard InChI is InChI=1S/C26H38O5/c1-16(27)26(11-5-4-6-22(30)31)13-10-20-19-8-7-17-14-18(28)9-12-24(17,2)23(19)21(29)15-25(20,26)3/h14,19-21,23,29H,4-13,15H2,1-3H3,(H,30,31)/t19-,20-,21?,23+,24-,25-,26-/m0/s1. The molecule has 31 heavy (non-hydrogen) atoms. The van der Waals surface area contributed by atoms with Crippen LogP contribution < -0.4 is 0 Å². The van der Waals surface area contributed by atoms with Crippen LogP contribution in [0.5, 0.6) is 0 Å². The third-order valence-electron chi connectivity index (χ3n) is 10.2. The Balaban J connectivity index is 1.63. The number of carboxylic acids is 1. The van der Waals surface area contributed by atoms with Crippen molar-refractivity contribution in [2.24, 2.45) is 34.0 Å². The van der Waals surface area contributed by atoms with E-state index >= 15 is 0 Å². The summed E-state index contributed by atoms with van der Waals surface area (Å²) in [5.74, 6) is 0.592. The van der Waals surface area contributed by atoms with Crippen molar-refractivity contribution in [2.45, 2.75) is 97.5 Å². The number of carbonyl (C=O) groups is 3. The Hall–Kier alpha value is -1.49. The molecule has 172 valence electrons. The van der Waals surface area contributed by atoms with E-state index in [2.05, 4.69) is 13.8 Å². The molecule has 0 aromatic carbocycles. The lowest BCUT2D eigenvalue weighted by Gasteiger charge is -2.61. The summed E-state index contributed by atoms with van der Waals surface area (Å²) in [5.41, 5.74) is 0.421. The van der Waals surface area contributed by atoms with Crippen LogP contribution in [0.1, 0.15) is 91.4 Å². The number of aliphatic carboxylic acids is 1. The zero-order valence-corrected chi connectivity index (χ0v) is 19.3. The third-order valence-corrected chi connectivity index (χ3v) is 10.2. The van der Waals surface area contributed by atoms with Crippen molar-refractivity contribution < 1.29 is 24.6 Å². The van der Waals surface area contributed by atoms with Gasteiger partial charge in [0.05, 0.1) is 6.10 Å². The summed E-state index contributed by atoms with van der Waals surface area (Å²) in [5, 5.41) is 20.5. The summed E-state index contributed by atoms with van der Waals surface area (Å²) in [6, 6.07) is 0. The van der Waals surface area contributed by atoms with Crippen molar-refractivity contribution in [2.75, 3.05) is 0 Å². The highest BCUT2D eigenvalue weighted by Gasteiger charge is 2.67. The molecule has 5 heteroatoms. The number of hydrogen-bond donors (Lipinski definition) is 2. The molecular formula is C26H38O5. The maximum absolute atomic E-state index is 13.1. The van der Waals surface area contributed by atoms with Gasteiger partial charge in [0.1, 0.15) is 5.78 Å². The molecule has 0 aromatic heterocycles. The van der Waals surface area contributed by atoms with Gasteiger partial charge in [-0.15, -0.1) is 0 Å². The second-order valence-corrected chi connectivity index (χ2v) is 11.4. The molecule has 7 atom stereocenters. The van der Waals surface area contributed by atoms with Gasteiger partial charge in [-0.3, -0.25) is 14.4 Å². The molecule has 4 aliphatic carbocycles. The predicted molar refractivity (Wildman–Crippen MR) is 117 cm³/mol. The number of aliphatic hydroxyl groups excluding tert-OH is 1. The summed E-state index contributed by atoms with van der Waals surface area (Å²) in [7, 11) is 0. The fraction of sp³-hybridized carbons (Fsp3) is 0.808. The molecule has 0 spiro atoms. The first-order valence-electron chi connectivity index (χ1n) is 12.2. The van der Waals surface area contributed by atoms with Crippen molar-refractivity contribution >= 4 is 17.5 Å². The van der Waals surface area contributed by atoms with Crippen LogP contribution in [0.25, 0.3) is 0 Å². The van der Waals surface area contributed by atoms with Crippen LogP contribution in [0.3, 0.4) is 0 Å². The van der Waals surface area contributed by atoms with E-state index in [1.165, 1.54) is 5.57 Å². The van der Waals surface area contributed by atoms with Crippen LogP contribution >= 0.6 is 0 Å². The van der Waals surface area contributed by atoms with E-state index in [1.807, 2.05) is 6.08 Å². The average molecular weight is 431 g/mol. The smallest absolute Gasteiger partial charge is 0.303 e. The largest absolute Gasteiger partial charge is 0.481 e. The predicted octanol–water partition coefficient (Wildman–Crippen LogP) is 4.71. The number of hydrogen-bond acceptors (Lipinski definition) is 4. The Morgan fingerprint density at radius 1 is 1.13 bits per heavy atom. The van der Waals surface area contributed by atoms with Crippen molar-refractivity contribution in [3.8, 4) is 0 Å². The lowest BCUT2D eigenvalue weighted by Crippen LogP contribution is -2.59. The number of rotatable bonds is 6. The van der Waals surface area contributed by atoms with Crippen molar-refractivity contribution in [1.82, 2.24) is 0 Å². The number of unbranched alkanes of at least 4 members (excludes halogenated alkanes) is 1. The molecule has 0 amide bonds. The fourth-order valence-electron chi connectivity index (χ4n) is 8.67. The van der Waals surface area contributed by atoms with Crippen LogP contribution in [0.15, 0.2) is 11.6 Å². The number of fused-ring (bicyclic) bond motifs is 5. The Labute approximate surface area is 185 Å². The normalized spacial score (nSPS) is 44.1. The highest BCUT2D eigenvalue weighted by molar-refractivity contribution is 5.91. The zero-order chi connectivity index (χ0) is 22.6. The molecule has 0 aromatic rings. The molecule has 0 aliphatic heterocycles. The molecule has 4 aliphatic rings. The van der Waals surface area contributed by atoms with Gasteiger partial charge in [-0.05, 0) is 93.0 Å². The molecule has 0 saturated heterocycles. The summed E-state index contributed by atoms with van der Waals surface area (Å²) in [4.78, 5) is 36.1. The van der Waals surface area contributed by atoms with Crippen LogP contribution in [0.4, 0.5) is 0 Å². The summed E-state index contributed by atoms with van der Waals surface area (Å²) >= 11 is 0. The van der Waals surface area contributed by atoms with Crippen LogP contribution in [0, 0.1) is 34.0 Å². The highest BCUT2D eigenvalue weighted by atomic mass is 16.4. The lowest BCUT2D eigenvalue weighted by atomic mass is 9.43. The van der Waals surface area contributed by atoms with E-state index in [4.69, 9.17) is 5.11 Å². The first kappa shape index (κ1) is 22.7. The first-order valence-corrected chi connectivity index (χ1v) is 12.2. The SMILES string of the molecule is CC(=O)[C@]1(CCCCC(=O)O)CC[C@H]2[C@@H]3CCC4=CC(=O)CC[C@]4(C)[C@H]3C(O)C[C@@]21C. The number of carbonyl (C=O) groups excluding carboxylic acids is 2. The van der Waals surface area contributed by atoms with Gasteiger partial charge < -0.3 is 10.2 Å². The molecule has 3 saturated carbocycles. The monoisotopic (exact) mass is 430 g/mol. The second-order valence-electron chi connectivity index (χ2n) is 11.4. The van der Waals surface area contributed by atoms with E-state index in [0.29, 0.717) is 31.1 Å². The van der Waals surface area contributed by atoms with E-state index < -0.39 is 17.5 Å². The fourth-order valence-corrected chi connectivity index (χ4v) is 8.67. The lowest BCUT2D eigenvalue weighted by molar-refractivity contribution is -0.161. The van der Waals surface area contributed by atoms with Gasteiger partial charge in [0.15, 0.2) is 5.78 Å². The Bertz CT molecular complexity index is 815. The van der Waals surface area contributed by atoms with Crippen LogP contribution in [-0.2, 0) is 14.4 Å². The zero-order valence-electron chi connectivity index (χ0n) is 19.3. The maximum Gasteiger partial charge on any atom is 0.303 e. The molecule has 0 bridgehead atoms. The first-order chi connectivity index (χ1) is 14.5. The molecular weight excluding hydrogens is 392 g/mol. The molecule has 5 nitrogen and oxygen atoms in total. The second kappa shape index (κ2) is 7.83. The maximum atomic E-state index is 13.1. The number of Topliss-reactive ketones (excluding diaryl/α,β-unsaturated/α-hetero) is 1. The molecule has 3 fully saturated rings. The third kappa shape index (κ3) is 3.34. The van der Waals surface area contributed by atoms with Gasteiger partial charge in [-0.25, -0.2) is 0 Å². The van der Waals surface area contributed by atoms with E-state index in [1.54, 1.807) is 6.92 Å².